The molecule has 0 amide bonds. The molecule has 86 valence electrons. The number of nitrogens with two attached hydrogens (primary N) is 1. The van der Waals surface area contributed by atoms with Gasteiger partial charge in [0.25, 0.3) is 0 Å². The van der Waals surface area contributed by atoms with E-state index in [9.17, 15) is 0 Å². The average Bonchev–Trinajstić information content (AvgIpc) is 2.66. The second-order valence-electron chi connectivity index (χ2n) is 3.42. The highest BCUT2D eigenvalue weighted by Gasteiger charge is 2.05. The third kappa shape index (κ3) is 4.42. The van der Waals surface area contributed by atoms with Crippen LogP contribution in [0.3, 0.4) is 0 Å². The smallest absolute Gasteiger partial charge is 0.151 e. The van der Waals surface area contributed by atoms with E-state index >= 15 is 0 Å². The van der Waals surface area contributed by atoms with Crippen molar-refractivity contribution in [3.05, 3.63) is 17.5 Å². The van der Waals surface area contributed by atoms with E-state index in [2.05, 4.69) is 10.1 Å². The maximum atomic E-state index is 5.44. The summed E-state index contributed by atoms with van der Waals surface area (Å²) in [5.41, 5.74) is 6.23. The summed E-state index contributed by atoms with van der Waals surface area (Å²) in [6.45, 7) is 5.53. The largest absolute Gasteiger partial charge is 0.380 e. The minimum absolute atomic E-state index is 0.423. The topological polar surface area (TPSA) is 64.5 Å². The summed E-state index contributed by atoms with van der Waals surface area (Å²) in [5.74, 6) is 0.842. The first-order valence-corrected chi connectivity index (χ1v) is 5.17. The summed E-state index contributed by atoms with van der Waals surface area (Å²) >= 11 is 0. The molecule has 15 heavy (non-hydrogen) atoms. The maximum Gasteiger partial charge on any atom is 0.151 e. The zero-order valence-electron chi connectivity index (χ0n) is 9.40. The van der Waals surface area contributed by atoms with Gasteiger partial charge in [-0.15, -0.1) is 0 Å². The van der Waals surface area contributed by atoms with E-state index < -0.39 is 0 Å². The van der Waals surface area contributed by atoms with Gasteiger partial charge in [-0.3, -0.25) is 4.90 Å². The van der Waals surface area contributed by atoms with E-state index in [1.807, 2.05) is 20.0 Å². The molecule has 0 radical (unpaired) electrons. The summed E-state index contributed by atoms with van der Waals surface area (Å²) in [7, 11) is 2.02. The summed E-state index contributed by atoms with van der Waals surface area (Å²) in [6, 6.07) is 1.89. The lowest BCUT2D eigenvalue weighted by molar-refractivity contribution is 0.117. The van der Waals surface area contributed by atoms with E-state index in [4.69, 9.17) is 15.0 Å². The van der Waals surface area contributed by atoms with Gasteiger partial charge in [-0.1, -0.05) is 5.16 Å². The number of rotatable bonds is 7. The van der Waals surface area contributed by atoms with Gasteiger partial charge in [0.2, 0.25) is 0 Å². The SMILES string of the molecule is CCOCCN(C)Cc1cc(CN)no1. The lowest BCUT2D eigenvalue weighted by Gasteiger charge is -2.13. The monoisotopic (exact) mass is 213 g/mol. The highest BCUT2D eigenvalue weighted by molar-refractivity contribution is 5.04. The van der Waals surface area contributed by atoms with Crippen LogP contribution in [0.5, 0.6) is 0 Å². The maximum absolute atomic E-state index is 5.44. The first-order valence-electron chi connectivity index (χ1n) is 5.17. The molecule has 1 rings (SSSR count). The molecule has 0 saturated carbocycles. The van der Waals surface area contributed by atoms with E-state index in [1.165, 1.54) is 0 Å². The van der Waals surface area contributed by atoms with Crippen molar-refractivity contribution < 1.29 is 9.26 Å². The Morgan fingerprint density at radius 1 is 1.60 bits per heavy atom. The molecule has 0 bridgehead atoms. The Morgan fingerprint density at radius 2 is 2.40 bits per heavy atom. The van der Waals surface area contributed by atoms with Crippen LogP contribution in [0.25, 0.3) is 0 Å². The van der Waals surface area contributed by atoms with Crippen molar-refractivity contribution >= 4 is 0 Å². The van der Waals surface area contributed by atoms with Crippen LogP contribution in [0.4, 0.5) is 0 Å². The third-order valence-corrected chi connectivity index (χ3v) is 2.06. The minimum atomic E-state index is 0.423. The molecule has 1 heterocycles. The number of aromatic nitrogens is 1. The molecule has 2 N–H and O–H groups in total. The standard InChI is InChI=1S/C10H19N3O2/c1-3-14-5-4-13(2)8-10-6-9(7-11)12-15-10/h6H,3-5,7-8,11H2,1-2H3. The molecule has 0 aliphatic heterocycles. The molecule has 5 heteroatoms. The van der Waals surface area contributed by atoms with Crippen LogP contribution in [0.2, 0.25) is 0 Å². The molecule has 5 nitrogen and oxygen atoms in total. The van der Waals surface area contributed by atoms with Gasteiger partial charge in [0.1, 0.15) is 0 Å². The Hall–Kier alpha value is -0.910. The van der Waals surface area contributed by atoms with E-state index in [1.54, 1.807) is 0 Å². The molecule has 0 aromatic carbocycles. The van der Waals surface area contributed by atoms with Crippen molar-refractivity contribution in [2.45, 2.75) is 20.0 Å². The second kappa shape index (κ2) is 6.55. The lowest BCUT2D eigenvalue weighted by Crippen LogP contribution is -2.22. The van der Waals surface area contributed by atoms with Gasteiger partial charge < -0.3 is 15.0 Å². The Balaban J connectivity index is 2.27. The van der Waals surface area contributed by atoms with Gasteiger partial charge in [0.15, 0.2) is 5.76 Å². The highest BCUT2D eigenvalue weighted by Crippen LogP contribution is 2.05. The van der Waals surface area contributed by atoms with Crippen LogP contribution in [-0.4, -0.2) is 36.9 Å². The summed E-state index contributed by atoms with van der Waals surface area (Å²) in [5, 5.41) is 3.83. The fraction of sp³-hybridized carbons (Fsp3) is 0.700. The Labute approximate surface area is 90.2 Å². The van der Waals surface area contributed by atoms with Crippen LogP contribution in [0, 0.1) is 0 Å². The zero-order chi connectivity index (χ0) is 11.1. The second-order valence-corrected chi connectivity index (χ2v) is 3.42. The van der Waals surface area contributed by atoms with Crippen LogP contribution in [0.15, 0.2) is 10.6 Å². The van der Waals surface area contributed by atoms with Crippen molar-refractivity contribution in [1.82, 2.24) is 10.1 Å². The summed E-state index contributed by atoms with van der Waals surface area (Å²) in [6.07, 6.45) is 0. The number of likely N-dealkylation sites (N-methyl/N-ethyl adjacent to an activating group) is 1. The van der Waals surface area contributed by atoms with Crippen molar-refractivity contribution in [2.24, 2.45) is 5.73 Å². The van der Waals surface area contributed by atoms with Crippen LogP contribution < -0.4 is 5.73 Å². The molecule has 0 atom stereocenters. The normalized spacial score (nSPS) is 11.2. The minimum Gasteiger partial charge on any atom is -0.380 e. The van der Waals surface area contributed by atoms with Crippen LogP contribution in [-0.2, 0) is 17.8 Å². The molecule has 0 spiro atoms. The van der Waals surface area contributed by atoms with E-state index in [-0.39, 0.29) is 0 Å². The van der Waals surface area contributed by atoms with E-state index in [0.717, 1.165) is 37.8 Å². The van der Waals surface area contributed by atoms with Gasteiger partial charge in [-0.25, -0.2) is 0 Å². The van der Waals surface area contributed by atoms with Gasteiger partial charge in [0, 0.05) is 25.8 Å². The molecular weight excluding hydrogens is 194 g/mol. The number of hydrogen-bond acceptors (Lipinski definition) is 5. The average molecular weight is 213 g/mol. The zero-order valence-corrected chi connectivity index (χ0v) is 9.40. The predicted molar refractivity (Wildman–Crippen MR) is 57.2 cm³/mol. The fourth-order valence-corrected chi connectivity index (χ4v) is 1.24. The van der Waals surface area contributed by atoms with E-state index in [0.29, 0.717) is 6.54 Å². The molecule has 0 aliphatic carbocycles. The fourth-order valence-electron chi connectivity index (χ4n) is 1.24. The predicted octanol–water partition coefficient (Wildman–Crippen LogP) is 0.602. The Morgan fingerprint density at radius 3 is 3.00 bits per heavy atom. The first kappa shape index (κ1) is 12.2. The highest BCUT2D eigenvalue weighted by atomic mass is 16.5. The van der Waals surface area contributed by atoms with Gasteiger partial charge >= 0.3 is 0 Å². The number of ether oxygens (including phenoxy) is 1. The van der Waals surface area contributed by atoms with Gasteiger partial charge in [-0.05, 0) is 14.0 Å². The lowest BCUT2D eigenvalue weighted by atomic mass is 10.3. The molecule has 0 fully saturated rings. The van der Waals surface area contributed by atoms with Crippen LogP contribution >= 0.6 is 0 Å². The molecule has 0 aliphatic rings. The Bertz CT molecular complexity index is 275. The molecule has 0 saturated heterocycles. The van der Waals surface area contributed by atoms with Gasteiger partial charge in [-0.2, -0.15) is 0 Å². The summed E-state index contributed by atoms with van der Waals surface area (Å²) in [4.78, 5) is 2.12. The van der Waals surface area contributed by atoms with Crippen molar-refractivity contribution in [1.29, 1.82) is 0 Å². The van der Waals surface area contributed by atoms with Crippen LogP contribution in [0.1, 0.15) is 18.4 Å². The van der Waals surface area contributed by atoms with Crippen molar-refractivity contribution in [2.75, 3.05) is 26.8 Å². The van der Waals surface area contributed by atoms with Crippen molar-refractivity contribution in [3.63, 3.8) is 0 Å². The first-order chi connectivity index (χ1) is 7.26. The molecule has 1 aromatic rings. The van der Waals surface area contributed by atoms with Crippen molar-refractivity contribution in [3.8, 4) is 0 Å². The molecule has 1 aromatic heterocycles. The molecule has 0 unspecified atom stereocenters. The molecular formula is C10H19N3O2. The third-order valence-electron chi connectivity index (χ3n) is 2.06. The number of hydrogen-bond donors (Lipinski definition) is 1. The Kier molecular flexibility index (Phi) is 5.31. The van der Waals surface area contributed by atoms with Gasteiger partial charge in [0.05, 0.1) is 18.8 Å². The number of nitrogens with zero attached hydrogens (tertiary/aromatic N) is 2. The quantitative estimate of drug-likeness (QED) is 0.672. The summed E-state index contributed by atoms with van der Waals surface area (Å²) < 4.78 is 10.4.